The third-order valence-corrected chi connectivity index (χ3v) is 4.81. The Balaban J connectivity index is 1.90. The fraction of sp³-hybridized carbons (Fsp3) is 0.562. The van der Waals surface area contributed by atoms with Gasteiger partial charge in [0.25, 0.3) is 0 Å². The van der Waals surface area contributed by atoms with Gasteiger partial charge in [-0.05, 0) is 19.1 Å². The smallest absolute Gasteiger partial charge is 0.149 e. The van der Waals surface area contributed by atoms with E-state index in [1.807, 2.05) is 6.92 Å². The summed E-state index contributed by atoms with van der Waals surface area (Å²) in [5.41, 5.74) is 0.749. The van der Waals surface area contributed by atoms with Gasteiger partial charge in [-0.1, -0.05) is 32.0 Å². The molecule has 0 bridgehead atoms. The maximum atomic E-state index is 13.6. The van der Waals surface area contributed by atoms with Crippen LogP contribution in [-0.2, 0) is 10.6 Å². The van der Waals surface area contributed by atoms with Crippen molar-refractivity contribution in [1.82, 2.24) is 0 Å². The fourth-order valence-corrected chi connectivity index (χ4v) is 3.27. The molecule has 0 aliphatic carbocycles. The van der Waals surface area contributed by atoms with Gasteiger partial charge in [-0.3, -0.25) is 0 Å². The number of hydrogen-bond donors (Lipinski definition) is 0. The first kappa shape index (κ1) is 16.3. The molecular formula is C16H21F2NOS. The van der Waals surface area contributed by atoms with E-state index in [-0.39, 0.29) is 11.0 Å². The van der Waals surface area contributed by atoms with E-state index in [1.165, 1.54) is 30.0 Å². The predicted octanol–water partition coefficient (Wildman–Crippen LogP) is 4.78. The normalized spacial score (nSPS) is 22.1. The lowest BCUT2D eigenvalue weighted by Crippen LogP contribution is -2.30. The standard InChI is InChI=1S/C16H21F2NOS/c1-15(2,3)14-8-16(4,20-19-14)10-21-9-11-12(17)6-5-7-13(11)18/h5-7H,8-10H2,1-4H3. The zero-order chi connectivity index (χ0) is 15.7. The Morgan fingerprint density at radius 3 is 2.43 bits per heavy atom. The predicted molar refractivity (Wildman–Crippen MR) is 83.5 cm³/mol. The van der Waals surface area contributed by atoms with E-state index in [0.717, 1.165) is 12.1 Å². The summed E-state index contributed by atoms with van der Waals surface area (Å²) in [6, 6.07) is 3.95. The summed E-state index contributed by atoms with van der Waals surface area (Å²) in [7, 11) is 0. The summed E-state index contributed by atoms with van der Waals surface area (Å²) in [5, 5.41) is 4.18. The second-order valence-corrected chi connectivity index (χ2v) is 7.68. The van der Waals surface area contributed by atoms with Crippen molar-refractivity contribution in [2.75, 3.05) is 5.75 Å². The van der Waals surface area contributed by atoms with Crippen molar-refractivity contribution in [3.8, 4) is 0 Å². The summed E-state index contributed by atoms with van der Waals surface area (Å²) >= 11 is 1.47. The molecule has 0 spiro atoms. The minimum absolute atomic E-state index is 0.0138. The minimum Gasteiger partial charge on any atom is -0.388 e. The molecule has 0 saturated heterocycles. The molecule has 5 heteroatoms. The molecule has 1 aliphatic rings. The maximum absolute atomic E-state index is 13.6. The quantitative estimate of drug-likeness (QED) is 0.798. The van der Waals surface area contributed by atoms with Gasteiger partial charge in [0.05, 0.1) is 5.71 Å². The Morgan fingerprint density at radius 2 is 1.90 bits per heavy atom. The molecule has 1 aromatic rings. The first-order valence-electron chi connectivity index (χ1n) is 6.97. The lowest BCUT2D eigenvalue weighted by molar-refractivity contribution is 0.0163. The van der Waals surface area contributed by atoms with Crippen LogP contribution < -0.4 is 0 Å². The molecule has 0 aromatic heterocycles. The van der Waals surface area contributed by atoms with Crippen LogP contribution in [0.15, 0.2) is 23.4 Å². The summed E-state index contributed by atoms with van der Waals surface area (Å²) in [6.07, 6.45) is 0.753. The fourth-order valence-electron chi connectivity index (χ4n) is 2.10. The third kappa shape index (κ3) is 3.96. The number of oxime groups is 1. The van der Waals surface area contributed by atoms with Crippen molar-refractivity contribution in [2.24, 2.45) is 10.6 Å². The van der Waals surface area contributed by atoms with Crippen LogP contribution in [-0.4, -0.2) is 17.1 Å². The number of nitrogens with zero attached hydrogens (tertiary/aromatic N) is 1. The second kappa shape index (κ2) is 5.95. The zero-order valence-corrected chi connectivity index (χ0v) is 13.7. The summed E-state index contributed by atoms with van der Waals surface area (Å²) < 4.78 is 27.1. The number of benzene rings is 1. The average Bonchev–Trinajstić information content (AvgIpc) is 2.76. The molecule has 1 heterocycles. The number of rotatable bonds is 4. The monoisotopic (exact) mass is 313 g/mol. The van der Waals surface area contributed by atoms with Crippen LogP contribution >= 0.6 is 11.8 Å². The first-order chi connectivity index (χ1) is 9.71. The molecule has 1 aliphatic heterocycles. The molecule has 2 rings (SSSR count). The highest BCUT2D eigenvalue weighted by Crippen LogP contribution is 2.34. The number of halogens is 2. The van der Waals surface area contributed by atoms with Crippen molar-refractivity contribution in [2.45, 2.75) is 45.5 Å². The summed E-state index contributed by atoms with van der Waals surface area (Å²) in [6.45, 7) is 8.29. The van der Waals surface area contributed by atoms with Crippen LogP contribution in [0.4, 0.5) is 8.78 Å². The molecule has 1 unspecified atom stereocenters. The van der Waals surface area contributed by atoms with Gasteiger partial charge in [0.15, 0.2) is 0 Å². The van der Waals surface area contributed by atoms with Crippen LogP contribution in [0.1, 0.15) is 39.7 Å². The highest BCUT2D eigenvalue weighted by Gasteiger charge is 2.38. The van der Waals surface area contributed by atoms with Gasteiger partial charge in [-0.25, -0.2) is 8.78 Å². The molecule has 0 amide bonds. The van der Waals surface area contributed by atoms with E-state index in [0.29, 0.717) is 11.5 Å². The van der Waals surface area contributed by atoms with Crippen LogP contribution in [0.2, 0.25) is 0 Å². The molecule has 0 fully saturated rings. The van der Waals surface area contributed by atoms with Crippen molar-refractivity contribution >= 4 is 17.5 Å². The van der Waals surface area contributed by atoms with Gasteiger partial charge >= 0.3 is 0 Å². The van der Waals surface area contributed by atoms with E-state index in [4.69, 9.17) is 4.84 Å². The lowest BCUT2D eigenvalue weighted by Gasteiger charge is -2.23. The molecule has 0 N–H and O–H groups in total. The molecular weight excluding hydrogens is 292 g/mol. The van der Waals surface area contributed by atoms with Gasteiger partial charge < -0.3 is 4.84 Å². The summed E-state index contributed by atoms with van der Waals surface area (Å²) in [4.78, 5) is 5.56. The lowest BCUT2D eigenvalue weighted by atomic mass is 9.84. The highest BCUT2D eigenvalue weighted by molar-refractivity contribution is 7.98. The second-order valence-electron chi connectivity index (χ2n) is 6.70. The Kier molecular flexibility index (Phi) is 4.61. The molecule has 116 valence electrons. The van der Waals surface area contributed by atoms with Gasteiger partial charge in [-0.15, -0.1) is 0 Å². The van der Waals surface area contributed by atoms with Crippen LogP contribution in [0.5, 0.6) is 0 Å². The summed E-state index contributed by atoms with van der Waals surface area (Å²) in [5.74, 6) is -0.0511. The van der Waals surface area contributed by atoms with Crippen LogP contribution in [0, 0.1) is 17.0 Å². The van der Waals surface area contributed by atoms with Crippen LogP contribution in [0.25, 0.3) is 0 Å². The molecule has 0 radical (unpaired) electrons. The van der Waals surface area contributed by atoms with Crippen LogP contribution in [0.3, 0.4) is 0 Å². The Labute approximate surface area is 128 Å². The van der Waals surface area contributed by atoms with E-state index >= 15 is 0 Å². The highest BCUT2D eigenvalue weighted by atomic mass is 32.2. The maximum Gasteiger partial charge on any atom is 0.149 e. The first-order valence-corrected chi connectivity index (χ1v) is 8.13. The van der Waals surface area contributed by atoms with E-state index in [1.54, 1.807) is 0 Å². The molecule has 0 saturated carbocycles. The SMILES string of the molecule is CC1(CSCc2c(F)cccc2F)CC(C(C)(C)C)=NO1. The average molecular weight is 313 g/mol. The van der Waals surface area contributed by atoms with Gasteiger partial charge in [0, 0.05) is 28.9 Å². The molecule has 1 aromatic carbocycles. The Hall–Kier alpha value is -1.10. The van der Waals surface area contributed by atoms with Crippen molar-refractivity contribution in [3.63, 3.8) is 0 Å². The van der Waals surface area contributed by atoms with E-state index in [2.05, 4.69) is 25.9 Å². The Morgan fingerprint density at radius 1 is 1.29 bits per heavy atom. The molecule has 2 nitrogen and oxygen atoms in total. The van der Waals surface area contributed by atoms with Crippen molar-refractivity contribution in [1.29, 1.82) is 0 Å². The van der Waals surface area contributed by atoms with Crippen molar-refractivity contribution < 1.29 is 13.6 Å². The van der Waals surface area contributed by atoms with Crippen molar-refractivity contribution in [3.05, 3.63) is 35.4 Å². The third-order valence-electron chi connectivity index (χ3n) is 3.50. The molecule has 1 atom stereocenters. The zero-order valence-electron chi connectivity index (χ0n) is 12.9. The van der Waals surface area contributed by atoms with E-state index in [9.17, 15) is 8.78 Å². The van der Waals surface area contributed by atoms with Gasteiger partial charge in [-0.2, -0.15) is 11.8 Å². The van der Waals surface area contributed by atoms with Gasteiger partial charge in [0.1, 0.15) is 17.2 Å². The Bertz CT molecular complexity index is 533. The molecule has 21 heavy (non-hydrogen) atoms. The van der Waals surface area contributed by atoms with E-state index < -0.39 is 17.2 Å². The number of thioether (sulfide) groups is 1. The number of hydrogen-bond acceptors (Lipinski definition) is 3. The minimum atomic E-state index is -0.494. The largest absolute Gasteiger partial charge is 0.388 e. The van der Waals surface area contributed by atoms with Gasteiger partial charge in [0.2, 0.25) is 0 Å². The topological polar surface area (TPSA) is 21.6 Å².